The summed E-state index contributed by atoms with van der Waals surface area (Å²) in [5.74, 6) is 0. The van der Waals surface area contributed by atoms with Gasteiger partial charge in [0.25, 0.3) is 0 Å². The number of aromatic nitrogens is 1. The molecule has 20 heavy (non-hydrogen) atoms. The minimum Gasteiger partial charge on any atom is -0.383 e. The molecule has 0 atom stereocenters. The number of pyridine rings is 1. The Balaban J connectivity index is 1.86. The second-order valence-corrected chi connectivity index (χ2v) is 5.66. The average molecular weight is 337 g/mol. The van der Waals surface area contributed by atoms with E-state index in [1.165, 1.54) is 23.8 Å². The van der Waals surface area contributed by atoms with Crippen molar-refractivity contribution in [3.05, 3.63) is 40.5 Å². The predicted octanol–water partition coefficient (Wildman–Crippen LogP) is 3.56. The van der Waals surface area contributed by atoms with Crippen molar-refractivity contribution < 1.29 is 4.74 Å². The number of hydrogen-bond donors (Lipinski definition) is 1. The van der Waals surface area contributed by atoms with Gasteiger partial charge in [0.05, 0.1) is 12.1 Å². The van der Waals surface area contributed by atoms with Gasteiger partial charge in [-0.05, 0) is 43.5 Å². The second-order valence-electron chi connectivity index (χ2n) is 4.81. The standard InChI is InChI=1S/C16H21BrN2O/c1-20-12-11-18-9-3-2-5-13-7-8-15(17)14-6-4-10-19-16(13)14/h4,6-8,10,18H,2-3,5,9,11-12H2,1H3. The van der Waals surface area contributed by atoms with Crippen LogP contribution in [0.25, 0.3) is 10.9 Å². The van der Waals surface area contributed by atoms with Crippen LogP contribution >= 0.6 is 15.9 Å². The van der Waals surface area contributed by atoms with E-state index in [0.717, 1.165) is 36.1 Å². The van der Waals surface area contributed by atoms with Crippen molar-refractivity contribution >= 4 is 26.8 Å². The quantitative estimate of drug-likeness (QED) is 0.748. The minimum atomic E-state index is 0.779. The molecular formula is C16H21BrN2O. The van der Waals surface area contributed by atoms with Gasteiger partial charge in [0, 0.05) is 29.7 Å². The van der Waals surface area contributed by atoms with E-state index in [2.05, 4.69) is 44.4 Å². The largest absolute Gasteiger partial charge is 0.383 e. The SMILES string of the molecule is COCCNCCCCc1ccc(Br)c2cccnc12. The van der Waals surface area contributed by atoms with Crippen LogP contribution in [0.1, 0.15) is 18.4 Å². The molecule has 0 saturated carbocycles. The number of fused-ring (bicyclic) bond motifs is 1. The Hall–Kier alpha value is -0.970. The Kier molecular flexibility index (Phi) is 6.43. The zero-order valence-electron chi connectivity index (χ0n) is 11.9. The molecule has 0 aliphatic rings. The van der Waals surface area contributed by atoms with Crippen LogP contribution in [0.5, 0.6) is 0 Å². The molecular weight excluding hydrogens is 316 g/mol. The molecule has 4 heteroatoms. The van der Waals surface area contributed by atoms with Crippen LogP contribution < -0.4 is 5.32 Å². The lowest BCUT2D eigenvalue weighted by Crippen LogP contribution is -2.20. The van der Waals surface area contributed by atoms with Crippen molar-refractivity contribution in [1.29, 1.82) is 0 Å². The van der Waals surface area contributed by atoms with E-state index in [-0.39, 0.29) is 0 Å². The Morgan fingerprint density at radius 1 is 1.20 bits per heavy atom. The number of hydrogen-bond acceptors (Lipinski definition) is 3. The van der Waals surface area contributed by atoms with E-state index < -0.39 is 0 Å². The Bertz CT molecular complexity index is 545. The first-order chi connectivity index (χ1) is 9.83. The molecule has 108 valence electrons. The van der Waals surface area contributed by atoms with Crippen LogP contribution in [0.3, 0.4) is 0 Å². The van der Waals surface area contributed by atoms with Crippen molar-refractivity contribution in [1.82, 2.24) is 10.3 Å². The zero-order chi connectivity index (χ0) is 14.2. The normalized spacial score (nSPS) is 11.1. The van der Waals surface area contributed by atoms with Gasteiger partial charge in [-0.25, -0.2) is 0 Å². The Morgan fingerprint density at radius 2 is 2.10 bits per heavy atom. The first kappa shape index (κ1) is 15.4. The molecule has 0 unspecified atom stereocenters. The van der Waals surface area contributed by atoms with Gasteiger partial charge in [0.2, 0.25) is 0 Å². The molecule has 2 aromatic rings. The van der Waals surface area contributed by atoms with Crippen LogP contribution in [-0.4, -0.2) is 31.8 Å². The topological polar surface area (TPSA) is 34.1 Å². The first-order valence-electron chi connectivity index (χ1n) is 7.04. The molecule has 1 heterocycles. The van der Waals surface area contributed by atoms with Crippen LogP contribution in [-0.2, 0) is 11.2 Å². The Morgan fingerprint density at radius 3 is 2.95 bits per heavy atom. The highest BCUT2D eigenvalue weighted by Gasteiger charge is 2.04. The molecule has 3 nitrogen and oxygen atoms in total. The number of rotatable bonds is 8. The fraction of sp³-hybridized carbons (Fsp3) is 0.438. The number of halogens is 1. The maximum atomic E-state index is 5.00. The van der Waals surface area contributed by atoms with Gasteiger partial charge in [-0.1, -0.05) is 28.1 Å². The van der Waals surface area contributed by atoms with Crippen LogP contribution in [0.2, 0.25) is 0 Å². The number of nitrogens with zero attached hydrogens (tertiary/aromatic N) is 1. The molecule has 0 aliphatic carbocycles. The summed E-state index contributed by atoms with van der Waals surface area (Å²) in [7, 11) is 1.73. The van der Waals surface area contributed by atoms with Gasteiger partial charge in [-0.15, -0.1) is 0 Å². The van der Waals surface area contributed by atoms with E-state index in [0.29, 0.717) is 0 Å². The molecule has 0 radical (unpaired) electrons. The van der Waals surface area contributed by atoms with Crippen molar-refractivity contribution in [2.45, 2.75) is 19.3 Å². The summed E-state index contributed by atoms with van der Waals surface area (Å²) in [6, 6.07) is 8.40. The predicted molar refractivity (Wildman–Crippen MR) is 87.1 cm³/mol. The highest BCUT2D eigenvalue weighted by Crippen LogP contribution is 2.25. The number of nitrogens with one attached hydrogen (secondary N) is 1. The maximum absolute atomic E-state index is 5.00. The van der Waals surface area contributed by atoms with Crippen molar-refractivity contribution in [3.63, 3.8) is 0 Å². The minimum absolute atomic E-state index is 0.779. The summed E-state index contributed by atoms with van der Waals surface area (Å²) in [4.78, 5) is 4.52. The molecule has 0 aliphatic heterocycles. The molecule has 1 N–H and O–H groups in total. The van der Waals surface area contributed by atoms with E-state index in [4.69, 9.17) is 4.74 Å². The molecule has 2 rings (SSSR count). The van der Waals surface area contributed by atoms with Gasteiger partial charge in [0.15, 0.2) is 0 Å². The van der Waals surface area contributed by atoms with E-state index in [1.807, 2.05) is 12.3 Å². The number of aryl methyl sites for hydroxylation is 1. The molecule has 0 amide bonds. The molecule has 0 fully saturated rings. The summed E-state index contributed by atoms with van der Waals surface area (Å²) in [6.07, 6.45) is 5.29. The highest BCUT2D eigenvalue weighted by molar-refractivity contribution is 9.10. The fourth-order valence-corrected chi connectivity index (χ4v) is 2.71. The van der Waals surface area contributed by atoms with Gasteiger partial charge in [0.1, 0.15) is 0 Å². The van der Waals surface area contributed by atoms with Crippen molar-refractivity contribution in [2.24, 2.45) is 0 Å². The van der Waals surface area contributed by atoms with Gasteiger partial charge >= 0.3 is 0 Å². The third kappa shape index (κ3) is 4.27. The summed E-state index contributed by atoms with van der Waals surface area (Å²) in [5.41, 5.74) is 2.45. The van der Waals surface area contributed by atoms with E-state index in [1.54, 1.807) is 7.11 Å². The highest BCUT2D eigenvalue weighted by atomic mass is 79.9. The van der Waals surface area contributed by atoms with Gasteiger partial charge in [-0.3, -0.25) is 4.98 Å². The smallest absolute Gasteiger partial charge is 0.0745 e. The maximum Gasteiger partial charge on any atom is 0.0745 e. The van der Waals surface area contributed by atoms with Crippen LogP contribution in [0.4, 0.5) is 0 Å². The third-order valence-corrected chi connectivity index (χ3v) is 4.02. The number of benzene rings is 1. The summed E-state index contributed by atoms with van der Waals surface area (Å²) in [5, 5.41) is 4.57. The third-order valence-electron chi connectivity index (χ3n) is 3.33. The summed E-state index contributed by atoms with van der Waals surface area (Å²) >= 11 is 3.59. The molecule has 1 aromatic carbocycles. The Labute approximate surface area is 128 Å². The van der Waals surface area contributed by atoms with Gasteiger partial charge in [-0.2, -0.15) is 0 Å². The fourth-order valence-electron chi connectivity index (χ4n) is 2.26. The van der Waals surface area contributed by atoms with E-state index >= 15 is 0 Å². The van der Waals surface area contributed by atoms with Crippen molar-refractivity contribution in [2.75, 3.05) is 26.8 Å². The van der Waals surface area contributed by atoms with E-state index in [9.17, 15) is 0 Å². The number of ether oxygens (including phenoxy) is 1. The summed E-state index contributed by atoms with van der Waals surface area (Å²) < 4.78 is 6.12. The lowest BCUT2D eigenvalue weighted by atomic mass is 10.0. The van der Waals surface area contributed by atoms with Crippen LogP contribution in [0.15, 0.2) is 34.9 Å². The van der Waals surface area contributed by atoms with Crippen molar-refractivity contribution in [3.8, 4) is 0 Å². The number of unbranched alkanes of at least 4 members (excludes halogenated alkanes) is 1. The van der Waals surface area contributed by atoms with Crippen LogP contribution in [0, 0.1) is 0 Å². The monoisotopic (exact) mass is 336 g/mol. The van der Waals surface area contributed by atoms with Gasteiger partial charge < -0.3 is 10.1 Å². The number of methoxy groups -OCH3 is 1. The lowest BCUT2D eigenvalue weighted by Gasteiger charge is -2.08. The summed E-state index contributed by atoms with van der Waals surface area (Å²) in [6.45, 7) is 2.76. The molecule has 1 aromatic heterocycles. The molecule has 0 spiro atoms. The first-order valence-corrected chi connectivity index (χ1v) is 7.84. The molecule has 0 saturated heterocycles. The molecule has 0 bridgehead atoms. The average Bonchev–Trinajstić information content (AvgIpc) is 2.49. The second kappa shape index (κ2) is 8.35. The lowest BCUT2D eigenvalue weighted by molar-refractivity contribution is 0.199. The zero-order valence-corrected chi connectivity index (χ0v) is 13.4.